The van der Waals surface area contributed by atoms with E-state index in [1.54, 1.807) is 0 Å². The molecule has 0 bridgehead atoms. The van der Waals surface area contributed by atoms with Crippen molar-refractivity contribution in [3.8, 4) is 0 Å². The van der Waals surface area contributed by atoms with E-state index < -0.39 is 5.60 Å². The molecule has 0 saturated carbocycles. The lowest BCUT2D eigenvalue weighted by Gasteiger charge is -2.40. The van der Waals surface area contributed by atoms with Crippen LogP contribution >= 0.6 is 0 Å². The highest BCUT2D eigenvalue weighted by Crippen LogP contribution is 2.33. The van der Waals surface area contributed by atoms with E-state index in [0.717, 1.165) is 25.1 Å². The fraction of sp³-hybridized carbons (Fsp3) is 0.538. The van der Waals surface area contributed by atoms with Crippen LogP contribution in [-0.4, -0.2) is 25.2 Å². The van der Waals surface area contributed by atoms with Crippen LogP contribution in [0.5, 0.6) is 0 Å². The molecule has 82 valence electrons. The van der Waals surface area contributed by atoms with Crippen LogP contribution < -0.4 is 4.90 Å². The Hall–Kier alpha value is -0.860. The van der Waals surface area contributed by atoms with Crippen LogP contribution in [-0.2, 0) is 5.60 Å². The Morgan fingerprint density at radius 3 is 2.60 bits per heavy atom. The van der Waals surface area contributed by atoms with Gasteiger partial charge in [0.15, 0.2) is 0 Å². The molecule has 0 aliphatic carbocycles. The van der Waals surface area contributed by atoms with Crippen LogP contribution in [0.4, 0.5) is 0 Å². The second kappa shape index (κ2) is 3.95. The largest absolute Gasteiger partial charge is 0.384 e. The summed E-state index contributed by atoms with van der Waals surface area (Å²) in [5, 5.41) is 10.7. The minimum atomic E-state index is -0.610. The van der Waals surface area contributed by atoms with Crippen molar-refractivity contribution in [2.75, 3.05) is 20.1 Å². The first kappa shape index (κ1) is 10.7. The average Bonchev–Trinajstić information content (AvgIpc) is 2.25. The molecule has 1 aromatic rings. The summed E-state index contributed by atoms with van der Waals surface area (Å²) in [6.45, 7) is 4.25. The summed E-state index contributed by atoms with van der Waals surface area (Å²) < 4.78 is 0. The van der Waals surface area contributed by atoms with E-state index >= 15 is 0 Å². The Balaban J connectivity index is 2.27. The van der Waals surface area contributed by atoms with E-state index in [9.17, 15) is 5.11 Å². The minimum Gasteiger partial charge on any atom is -0.384 e. The molecule has 2 rings (SSSR count). The molecule has 0 aromatic heterocycles. The van der Waals surface area contributed by atoms with Crippen molar-refractivity contribution in [3.05, 3.63) is 35.9 Å². The molecule has 1 unspecified atom stereocenters. The molecule has 0 amide bonds. The monoisotopic (exact) mass is 206 g/mol. The van der Waals surface area contributed by atoms with Crippen molar-refractivity contribution in [1.29, 1.82) is 0 Å². The molecule has 1 saturated heterocycles. The summed E-state index contributed by atoms with van der Waals surface area (Å²) in [5.41, 5.74) is 0.464. The molecule has 0 radical (unpaired) electrons. The Kier molecular flexibility index (Phi) is 2.81. The maximum atomic E-state index is 10.7. The molecule has 1 heterocycles. The smallest absolute Gasteiger partial charge is 0.103 e. The average molecular weight is 206 g/mol. The third-order valence-corrected chi connectivity index (χ3v) is 3.68. The van der Waals surface area contributed by atoms with Crippen LogP contribution in [0, 0.1) is 5.92 Å². The number of likely N-dealkylation sites (tertiary alicyclic amines) is 1. The predicted octanol–water partition coefficient (Wildman–Crippen LogP) is 0.429. The van der Waals surface area contributed by atoms with Gasteiger partial charge in [0.1, 0.15) is 5.60 Å². The van der Waals surface area contributed by atoms with Crippen molar-refractivity contribution in [1.82, 2.24) is 0 Å². The Bertz CT molecular complexity index is 325. The van der Waals surface area contributed by atoms with Gasteiger partial charge in [0, 0.05) is 12.3 Å². The zero-order chi connectivity index (χ0) is 10.9. The van der Waals surface area contributed by atoms with Crippen molar-refractivity contribution in [2.24, 2.45) is 5.92 Å². The van der Waals surface area contributed by atoms with Gasteiger partial charge in [0.2, 0.25) is 0 Å². The molecule has 2 N–H and O–H groups in total. The summed E-state index contributed by atoms with van der Waals surface area (Å²) in [6, 6.07) is 10.1. The highest BCUT2D eigenvalue weighted by Gasteiger charge is 2.41. The Morgan fingerprint density at radius 2 is 2.00 bits per heavy atom. The number of quaternary nitrogens is 1. The fourth-order valence-electron chi connectivity index (χ4n) is 2.60. The normalized spacial score (nSPS) is 36.5. The SMILES string of the molecule is C[C@@H]1C[NH+](C)CC[C@]1(O)c1ccccc1. The molecule has 1 aromatic carbocycles. The van der Waals surface area contributed by atoms with E-state index in [0.29, 0.717) is 5.92 Å². The van der Waals surface area contributed by atoms with Gasteiger partial charge in [-0.05, 0) is 5.56 Å². The first-order valence-corrected chi connectivity index (χ1v) is 5.72. The molecule has 1 aliphatic rings. The van der Waals surface area contributed by atoms with Crippen LogP contribution in [0.1, 0.15) is 18.9 Å². The maximum absolute atomic E-state index is 10.7. The van der Waals surface area contributed by atoms with Gasteiger partial charge in [-0.2, -0.15) is 0 Å². The van der Waals surface area contributed by atoms with Gasteiger partial charge in [-0.25, -0.2) is 0 Å². The molecule has 3 atom stereocenters. The third kappa shape index (κ3) is 1.92. The number of aliphatic hydroxyl groups is 1. The molecule has 1 aliphatic heterocycles. The minimum absolute atomic E-state index is 0.327. The van der Waals surface area contributed by atoms with Gasteiger partial charge in [0.05, 0.1) is 20.1 Å². The quantitative estimate of drug-likeness (QED) is 0.684. The molecule has 2 heteroatoms. The van der Waals surface area contributed by atoms with Crippen molar-refractivity contribution < 1.29 is 10.0 Å². The van der Waals surface area contributed by atoms with E-state index in [1.165, 1.54) is 4.90 Å². The number of rotatable bonds is 1. The standard InChI is InChI=1S/C13H19NO/c1-11-10-14(2)9-8-13(11,15)12-6-4-3-5-7-12/h3-7,11,15H,8-10H2,1-2H3/p+1/t11-,13-/m1/s1. The number of piperidine rings is 1. The van der Waals surface area contributed by atoms with Crippen LogP contribution in [0.25, 0.3) is 0 Å². The highest BCUT2D eigenvalue weighted by atomic mass is 16.3. The molecular formula is C13H20NO+. The molecular weight excluding hydrogens is 186 g/mol. The van der Waals surface area contributed by atoms with Crippen LogP contribution in [0.2, 0.25) is 0 Å². The molecule has 15 heavy (non-hydrogen) atoms. The number of hydrogen-bond acceptors (Lipinski definition) is 1. The lowest BCUT2D eigenvalue weighted by Crippen LogP contribution is -3.11. The summed E-state index contributed by atoms with van der Waals surface area (Å²) in [5.74, 6) is 0.327. The predicted molar refractivity (Wildman–Crippen MR) is 60.7 cm³/mol. The number of benzene rings is 1. The zero-order valence-electron chi connectivity index (χ0n) is 9.53. The number of hydrogen-bond donors (Lipinski definition) is 2. The van der Waals surface area contributed by atoms with Gasteiger partial charge in [-0.3, -0.25) is 0 Å². The van der Waals surface area contributed by atoms with Crippen molar-refractivity contribution >= 4 is 0 Å². The summed E-state index contributed by atoms with van der Waals surface area (Å²) >= 11 is 0. The van der Waals surface area contributed by atoms with Crippen LogP contribution in [0.3, 0.4) is 0 Å². The van der Waals surface area contributed by atoms with Gasteiger partial charge in [-0.1, -0.05) is 37.3 Å². The Morgan fingerprint density at radius 1 is 1.33 bits per heavy atom. The topological polar surface area (TPSA) is 24.7 Å². The Labute approximate surface area is 91.5 Å². The second-order valence-electron chi connectivity index (χ2n) is 4.85. The van der Waals surface area contributed by atoms with Crippen molar-refractivity contribution in [2.45, 2.75) is 18.9 Å². The van der Waals surface area contributed by atoms with E-state index in [2.05, 4.69) is 14.0 Å². The van der Waals surface area contributed by atoms with E-state index in [-0.39, 0.29) is 0 Å². The molecule has 0 spiro atoms. The highest BCUT2D eigenvalue weighted by molar-refractivity contribution is 5.23. The lowest BCUT2D eigenvalue weighted by atomic mass is 9.77. The lowest BCUT2D eigenvalue weighted by molar-refractivity contribution is -0.892. The van der Waals surface area contributed by atoms with Crippen LogP contribution in [0.15, 0.2) is 30.3 Å². The maximum Gasteiger partial charge on any atom is 0.103 e. The first-order chi connectivity index (χ1) is 7.13. The van der Waals surface area contributed by atoms with E-state index in [1.807, 2.05) is 30.3 Å². The second-order valence-corrected chi connectivity index (χ2v) is 4.85. The molecule has 1 fully saturated rings. The third-order valence-electron chi connectivity index (χ3n) is 3.68. The first-order valence-electron chi connectivity index (χ1n) is 5.72. The van der Waals surface area contributed by atoms with Gasteiger partial charge >= 0.3 is 0 Å². The van der Waals surface area contributed by atoms with Gasteiger partial charge < -0.3 is 10.0 Å². The number of nitrogens with one attached hydrogen (secondary N) is 1. The summed E-state index contributed by atoms with van der Waals surface area (Å²) in [7, 11) is 2.20. The summed E-state index contributed by atoms with van der Waals surface area (Å²) in [6.07, 6.45) is 0.865. The molecule has 2 nitrogen and oxygen atoms in total. The zero-order valence-corrected chi connectivity index (χ0v) is 9.53. The summed E-state index contributed by atoms with van der Waals surface area (Å²) in [4.78, 5) is 1.52. The van der Waals surface area contributed by atoms with Gasteiger partial charge in [-0.15, -0.1) is 0 Å². The van der Waals surface area contributed by atoms with Crippen molar-refractivity contribution in [3.63, 3.8) is 0 Å². The van der Waals surface area contributed by atoms with E-state index in [4.69, 9.17) is 0 Å². The fourth-order valence-corrected chi connectivity index (χ4v) is 2.60. The van der Waals surface area contributed by atoms with Gasteiger partial charge in [0.25, 0.3) is 0 Å².